The lowest BCUT2D eigenvalue weighted by atomic mass is 10.1. The molecule has 3 aromatic rings. The molecule has 1 aromatic heterocycles. The third-order valence-corrected chi connectivity index (χ3v) is 4.49. The summed E-state index contributed by atoms with van der Waals surface area (Å²) in [5.74, 6) is -3.39. The minimum atomic E-state index is -1.13. The van der Waals surface area contributed by atoms with Crippen LogP contribution in [0.5, 0.6) is 0 Å². The molecule has 0 unspecified atom stereocenters. The molecular weight excluding hydrogens is 374 g/mol. The fourth-order valence-electron chi connectivity index (χ4n) is 2.31. The van der Waals surface area contributed by atoms with Crippen LogP contribution in [0.3, 0.4) is 0 Å². The molecule has 0 bridgehead atoms. The van der Waals surface area contributed by atoms with Gasteiger partial charge in [-0.15, -0.1) is 0 Å². The van der Waals surface area contributed by atoms with Gasteiger partial charge in [-0.3, -0.25) is 10.1 Å². The monoisotopic (exact) mass is 388 g/mol. The maximum absolute atomic E-state index is 13.3. The van der Waals surface area contributed by atoms with E-state index < -0.39 is 23.5 Å². The normalized spacial score (nSPS) is 10.5. The Hall–Kier alpha value is -3.13. The molecule has 0 aliphatic heterocycles. The molecule has 0 saturated heterocycles. The molecule has 0 aliphatic rings. The number of benzene rings is 2. The van der Waals surface area contributed by atoms with Crippen molar-refractivity contribution in [1.82, 2.24) is 4.98 Å². The number of amides is 1. The number of halogens is 2. The van der Waals surface area contributed by atoms with Gasteiger partial charge in [0.15, 0.2) is 16.8 Å². The van der Waals surface area contributed by atoms with Gasteiger partial charge in [0.2, 0.25) is 0 Å². The van der Waals surface area contributed by atoms with Crippen molar-refractivity contribution in [2.75, 3.05) is 11.9 Å². The van der Waals surface area contributed by atoms with Crippen molar-refractivity contribution in [1.29, 1.82) is 0 Å². The lowest BCUT2D eigenvalue weighted by Gasteiger charge is -2.02. The van der Waals surface area contributed by atoms with E-state index >= 15 is 0 Å². The van der Waals surface area contributed by atoms with Gasteiger partial charge in [0.1, 0.15) is 4.88 Å². The molecule has 8 heteroatoms. The minimum Gasteiger partial charge on any atom is -0.462 e. The molecule has 0 aliphatic carbocycles. The second kappa shape index (κ2) is 8.05. The van der Waals surface area contributed by atoms with E-state index in [1.165, 1.54) is 0 Å². The van der Waals surface area contributed by atoms with E-state index in [0.29, 0.717) is 11.3 Å². The molecule has 1 N–H and O–H groups in total. The van der Waals surface area contributed by atoms with Gasteiger partial charge in [-0.1, -0.05) is 41.7 Å². The van der Waals surface area contributed by atoms with Crippen LogP contribution in [-0.4, -0.2) is 23.5 Å². The van der Waals surface area contributed by atoms with Gasteiger partial charge in [0, 0.05) is 11.1 Å². The number of thiazole rings is 1. The van der Waals surface area contributed by atoms with Crippen molar-refractivity contribution in [3.05, 3.63) is 70.6 Å². The second-order valence-corrected chi connectivity index (χ2v) is 6.37. The van der Waals surface area contributed by atoms with Crippen molar-refractivity contribution in [3.8, 4) is 11.3 Å². The maximum atomic E-state index is 13.3. The van der Waals surface area contributed by atoms with Crippen LogP contribution in [0.25, 0.3) is 11.3 Å². The predicted octanol–water partition coefficient (Wildman–Crippen LogP) is 4.52. The van der Waals surface area contributed by atoms with Crippen molar-refractivity contribution in [2.24, 2.45) is 0 Å². The number of rotatable bonds is 5. The van der Waals surface area contributed by atoms with Crippen LogP contribution in [0.15, 0.2) is 48.5 Å². The Bertz CT molecular complexity index is 990. The van der Waals surface area contributed by atoms with Gasteiger partial charge in [-0.05, 0) is 25.1 Å². The van der Waals surface area contributed by atoms with Crippen LogP contribution in [0.4, 0.5) is 13.9 Å². The van der Waals surface area contributed by atoms with Crippen LogP contribution in [0.1, 0.15) is 27.0 Å². The third-order valence-electron chi connectivity index (χ3n) is 3.54. The van der Waals surface area contributed by atoms with Gasteiger partial charge >= 0.3 is 5.97 Å². The zero-order chi connectivity index (χ0) is 19.4. The first kappa shape index (κ1) is 18.7. The number of aromatic nitrogens is 1. The van der Waals surface area contributed by atoms with E-state index in [1.54, 1.807) is 31.2 Å². The molecule has 5 nitrogen and oxygen atoms in total. The average Bonchev–Trinajstić information content (AvgIpc) is 3.09. The number of esters is 1. The van der Waals surface area contributed by atoms with E-state index in [2.05, 4.69) is 10.3 Å². The summed E-state index contributed by atoms with van der Waals surface area (Å²) in [5.41, 5.74) is 0.993. The summed E-state index contributed by atoms with van der Waals surface area (Å²) in [6, 6.07) is 11.8. The molecule has 3 rings (SSSR count). The Morgan fingerprint density at radius 1 is 1.11 bits per heavy atom. The number of nitrogens with zero attached hydrogens (tertiary/aromatic N) is 1. The van der Waals surface area contributed by atoms with Gasteiger partial charge in [-0.25, -0.2) is 18.6 Å². The number of ether oxygens (including phenoxy) is 1. The standard InChI is InChI=1S/C19H14F2N2O3S/c1-2-26-18(25)16-15(11-6-4-3-5-7-11)22-19(27-16)23-17(24)12-8-9-13(20)14(21)10-12/h3-10H,2H2,1H3,(H,22,23,24). The predicted molar refractivity (Wildman–Crippen MR) is 97.8 cm³/mol. The van der Waals surface area contributed by atoms with E-state index in [0.717, 1.165) is 29.5 Å². The Balaban J connectivity index is 1.92. The van der Waals surface area contributed by atoms with E-state index in [1.807, 2.05) is 6.07 Å². The quantitative estimate of drug-likeness (QED) is 0.653. The summed E-state index contributed by atoms with van der Waals surface area (Å²) >= 11 is 0.947. The highest BCUT2D eigenvalue weighted by Gasteiger charge is 2.22. The van der Waals surface area contributed by atoms with Crippen LogP contribution in [0.2, 0.25) is 0 Å². The molecule has 0 fully saturated rings. The molecular formula is C19H14F2N2O3S. The molecule has 0 saturated carbocycles. The number of hydrogen-bond donors (Lipinski definition) is 1. The lowest BCUT2D eigenvalue weighted by molar-refractivity contribution is 0.0532. The van der Waals surface area contributed by atoms with Crippen molar-refractivity contribution < 1.29 is 23.1 Å². The number of anilines is 1. The SMILES string of the molecule is CCOC(=O)c1sc(NC(=O)c2ccc(F)c(F)c2)nc1-c1ccccc1. The van der Waals surface area contributed by atoms with E-state index in [-0.39, 0.29) is 22.2 Å². The van der Waals surface area contributed by atoms with Gasteiger partial charge in [0.05, 0.1) is 12.3 Å². The molecule has 1 heterocycles. The van der Waals surface area contributed by atoms with Gasteiger partial charge in [0.25, 0.3) is 5.91 Å². The molecule has 2 aromatic carbocycles. The molecule has 0 radical (unpaired) electrons. The average molecular weight is 388 g/mol. The molecule has 0 spiro atoms. The number of carbonyl (C=O) groups is 2. The number of nitrogens with one attached hydrogen (secondary N) is 1. The van der Waals surface area contributed by atoms with Crippen LogP contribution >= 0.6 is 11.3 Å². The zero-order valence-electron chi connectivity index (χ0n) is 14.2. The maximum Gasteiger partial charge on any atom is 0.350 e. The Morgan fingerprint density at radius 3 is 2.52 bits per heavy atom. The molecule has 138 valence electrons. The first-order valence-corrected chi connectivity index (χ1v) is 8.81. The van der Waals surface area contributed by atoms with Gasteiger partial charge in [-0.2, -0.15) is 0 Å². The summed E-state index contributed by atoms with van der Waals surface area (Å²) in [4.78, 5) is 29.1. The summed E-state index contributed by atoms with van der Waals surface area (Å²) in [6.07, 6.45) is 0. The Kier molecular flexibility index (Phi) is 5.56. The van der Waals surface area contributed by atoms with Crippen molar-refractivity contribution in [3.63, 3.8) is 0 Å². The Morgan fingerprint density at radius 2 is 1.85 bits per heavy atom. The number of hydrogen-bond acceptors (Lipinski definition) is 5. The first-order chi connectivity index (χ1) is 13.0. The highest BCUT2D eigenvalue weighted by atomic mass is 32.1. The Labute approximate surface area is 157 Å². The smallest absolute Gasteiger partial charge is 0.350 e. The highest BCUT2D eigenvalue weighted by Crippen LogP contribution is 2.32. The third kappa shape index (κ3) is 4.17. The lowest BCUT2D eigenvalue weighted by Crippen LogP contribution is -2.12. The zero-order valence-corrected chi connectivity index (χ0v) is 15.0. The summed E-state index contributed by atoms with van der Waals surface area (Å²) in [6.45, 7) is 1.88. The van der Waals surface area contributed by atoms with Crippen molar-refractivity contribution >= 4 is 28.3 Å². The van der Waals surface area contributed by atoms with Crippen LogP contribution < -0.4 is 5.32 Å². The first-order valence-electron chi connectivity index (χ1n) is 7.99. The second-order valence-electron chi connectivity index (χ2n) is 5.37. The van der Waals surface area contributed by atoms with E-state index in [4.69, 9.17) is 4.74 Å². The highest BCUT2D eigenvalue weighted by molar-refractivity contribution is 7.18. The van der Waals surface area contributed by atoms with Crippen LogP contribution in [0, 0.1) is 11.6 Å². The largest absolute Gasteiger partial charge is 0.462 e. The van der Waals surface area contributed by atoms with Crippen molar-refractivity contribution in [2.45, 2.75) is 6.92 Å². The molecule has 27 heavy (non-hydrogen) atoms. The molecule has 1 amide bonds. The summed E-state index contributed by atoms with van der Waals surface area (Å²) in [5, 5.41) is 2.65. The van der Waals surface area contributed by atoms with E-state index in [9.17, 15) is 18.4 Å². The number of carbonyl (C=O) groups excluding carboxylic acids is 2. The summed E-state index contributed by atoms with van der Waals surface area (Å²) < 4.78 is 31.4. The molecule has 0 atom stereocenters. The minimum absolute atomic E-state index is 0.0666. The summed E-state index contributed by atoms with van der Waals surface area (Å²) in [7, 11) is 0. The van der Waals surface area contributed by atoms with Gasteiger partial charge < -0.3 is 4.74 Å². The van der Waals surface area contributed by atoms with Crippen LogP contribution in [-0.2, 0) is 4.74 Å². The topological polar surface area (TPSA) is 68.3 Å². The fraction of sp³-hybridized carbons (Fsp3) is 0.105. The fourth-order valence-corrected chi connectivity index (χ4v) is 3.18.